The number of anilines is 1. The molecule has 1 fully saturated rings. The van der Waals surface area contributed by atoms with Crippen molar-refractivity contribution >= 4 is 32.6 Å². The van der Waals surface area contributed by atoms with Gasteiger partial charge >= 0.3 is 0 Å². The molecule has 1 aliphatic rings. The molecule has 0 saturated carbocycles. The van der Waals surface area contributed by atoms with Crippen LogP contribution in [-0.2, 0) is 11.2 Å². The van der Waals surface area contributed by atoms with Crippen molar-refractivity contribution in [1.82, 2.24) is 9.88 Å². The number of carbonyl (C=O) groups is 1. The van der Waals surface area contributed by atoms with E-state index in [-0.39, 0.29) is 11.3 Å². The largest absolute Gasteiger partial charge is 0.345 e. The molecule has 1 aromatic carbocycles. The number of piperazine rings is 1. The monoisotopic (exact) mass is 331 g/mol. The minimum atomic E-state index is -0.298. The first-order valence-electron chi connectivity index (χ1n) is 8.33. The Morgan fingerprint density at radius 2 is 1.91 bits per heavy atom. The van der Waals surface area contributed by atoms with Gasteiger partial charge in [0.15, 0.2) is 5.13 Å². The van der Waals surface area contributed by atoms with E-state index in [0.717, 1.165) is 43.2 Å². The third-order valence-electron chi connectivity index (χ3n) is 4.35. The van der Waals surface area contributed by atoms with Gasteiger partial charge in [-0.2, -0.15) is 0 Å². The van der Waals surface area contributed by atoms with E-state index >= 15 is 0 Å². The number of thiazole rings is 1. The van der Waals surface area contributed by atoms with Crippen LogP contribution < -0.4 is 4.90 Å². The van der Waals surface area contributed by atoms with E-state index in [1.54, 1.807) is 11.3 Å². The summed E-state index contributed by atoms with van der Waals surface area (Å²) in [6.45, 7) is 11.4. The molecule has 3 rings (SSSR count). The molecule has 1 saturated heterocycles. The first-order valence-corrected chi connectivity index (χ1v) is 9.14. The van der Waals surface area contributed by atoms with E-state index in [1.165, 1.54) is 10.3 Å². The predicted molar refractivity (Wildman–Crippen MR) is 97.2 cm³/mol. The second-order valence-electron chi connectivity index (χ2n) is 7.14. The standard InChI is InChI=1S/C18H25N3OS/c1-5-13-7-6-8-14-15(13)19-17(23-14)21-11-9-20(10-12-21)16(22)18(2,3)4/h6-8H,5,9-12H2,1-4H3. The smallest absolute Gasteiger partial charge is 0.228 e. The maximum atomic E-state index is 12.4. The lowest BCUT2D eigenvalue weighted by Crippen LogP contribution is -2.51. The molecule has 0 N–H and O–H groups in total. The van der Waals surface area contributed by atoms with Crippen LogP contribution in [0.2, 0.25) is 0 Å². The van der Waals surface area contributed by atoms with Gasteiger partial charge in [0.05, 0.1) is 10.2 Å². The number of rotatable bonds is 2. The number of fused-ring (bicyclic) bond motifs is 1. The molecule has 0 spiro atoms. The molecule has 2 heterocycles. The summed E-state index contributed by atoms with van der Waals surface area (Å²) in [5.74, 6) is 0.245. The second kappa shape index (κ2) is 6.11. The van der Waals surface area contributed by atoms with E-state index < -0.39 is 0 Å². The van der Waals surface area contributed by atoms with Gasteiger partial charge in [0.1, 0.15) is 0 Å². The summed E-state index contributed by atoms with van der Waals surface area (Å²) in [6.07, 6.45) is 1.01. The Kier molecular flexibility index (Phi) is 4.32. The van der Waals surface area contributed by atoms with Crippen molar-refractivity contribution < 1.29 is 4.79 Å². The van der Waals surface area contributed by atoms with E-state index in [9.17, 15) is 4.79 Å². The molecule has 2 aromatic rings. The van der Waals surface area contributed by atoms with E-state index in [2.05, 4.69) is 30.0 Å². The van der Waals surface area contributed by atoms with Crippen molar-refractivity contribution in [2.24, 2.45) is 5.41 Å². The minimum Gasteiger partial charge on any atom is -0.345 e. The maximum Gasteiger partial charge on any atom is 0.228 e. The SMILES string of the molecule is CCc1cccc2sc(N3CCN(C(=O)C(C)(C)C)CC3)nc12. The molecule has 0 aliphatic carbocycles. The van der Waals surface area contributed by atoms with Crippen LogP contribution in [0.25, 0.3) is 10.2 Å². The van der Waals surface area contributed by atoms with Gasteiger partial charge < -0.3 is 9.80 Å². The number of para-hydroxylation sites is 1. The lowest BCUT2D eigenvalue weighted by Gasteiger charge is -2.37. The first kappa shape index (κ1) is 16.2. The average molecular weight is 331 g/mol. The number of hydrogen-bond acceptors (Lipinski definition) is 4. The second-order valence-corrected chi connectivity index (χ2v) is 8.15. The van der Waals surface area contributed by atoms with Crippen molar-refractivity contribution in [1.29, 1.82) is 0 Å². The van der Waals surface area contributed by atoms with Crippen molar-refractivity contribution in [2.75, 3.05) is 31.1 Å². The molecule has 4 nitrogen and oxygen atoms in total. The van der Waals surface area contributed by atoms with Gasteiger partial charge in [0.2, 0.25) is 5.91 Å². The molecule has 5 heteroatoms. The van der Waals surface area contributed by atoms with Gasteiger partial charge in [-0.3, -0.25) is 4.79 Å². The third kappa shape index (κ3) is 3.20. The van der Waals surface area contributed by atoms with Crippen molar-refractivity contribution in [3.05, 3.63) is 23.8 Å². The zero-order valence-electron chi connectivity index (χ0n) is 14.4. The average Bonchev–Trinajstić information content (AvgIpc) is 2.97. The van der Waals surface area contributed by atoms with Crippen LogP contribution in [0.3, 0.4) is 0 Å². The van der Waals surface area contributed by atoms with Crippen LogP contribution in [0.4, 0.5) is 5.13 Å². The lowest BCUT2D eigenvalue weighted by molar-refractivity contribution is -0.139. The summed E-state index contributed by atoms with van der Waals surface area (Å²) >= 11 is 1.76. The Hall–Kier alpha value is -1.62. The summed E-state index contributed by atoms with van der Waals surface area (Å²) in [5.41, 5.74) is 2.16. The van der Waals surface area contributed by atoms with Crippen LogP contribution in [0.5, 0.6) is 0 Å². The fourth-order valence-electron chi connectivity index (χ4n) is 2.99. The third-order valence-corrected chi connectivity index (χ3v) is 5.43. The Bertz CT molecular complexity index is 709. The molecule has 0 bridgehead atoms. The number of aryl methyl sites for hydroxylation is 1. The molecule has 124 valence electrons. The van der Waals surface area contributed by atoms with E-state index in [1.807, 2.05) is 25.7 Å². The quantitative estimate of drug-likeness (QED) is 0.844. The number of carbonyl (C=O) groups excluding carboxylic acids is 1. The number of benzene rings is 1. The first-order chi connectivity index (χ1) is 10.9. The summed E-state index contributed by atoms with van der Waals surface area (Å²) < 4.78 is 1.26. The van der Waals surface area contributed by atoms with Crippen molar-refractivity contribution in [3.8, 4) is 0 Å². The number of amides is 1. The van der Waals surface area contributed by atoms with Gasteiger partial charge in [0.25, 0.3) is 0 Å². The normalized spacial score (nSPS) is 16.2. The van der Waals surface area contributed by atoms with Crippen LogP contribution in [0, 0.1) is 5.41 Å². The number of nitrogens with zero attached hydrogens (tertiary/aromatic N) is 3. The highest BCUT2D eigenvalue weighted by atomic mass is 32.1. The Balaban J connectivity index is 1.74. The highest BCUT2D eigenvalue weighted by molar-refractivity contribution is 7.22. The summed E-state index contributed by atoms with van der Waals surface area (Å²) in [7, 11) is 0. The predicted octanol–water partition coefficient (Wildman–Crippen LogP) is 3.55. The molecule has 1 aliphatic heterocycles. The Morgan fingerprint density at radius 3 is 2.52 bits per heavy atom. The molecular formula is C18H25N3OS. The zero-order chi connectivity index (χ0) is 16.6. The van der Waals surface area contributed by atoms with Crippen molar-refractivity contribution in [2.45, 2.75) is 34.1 Å². The minimum absolute atomic E-state index is 0.245. The zero-order valence-corrected chi connectivity index (χ0v) is 15.2. The molecule has 1 aromatic heterocycles. The van der Waals surface area contributed by atoms with Crippen molar-refractivity contribution in [3.63, 3.8) is 0 Å². The summed E-state index contributed by atoms with van der Waals surface area (Å²) in [4.78, 5) is 21.6. The van der Waals surface area contributed by atoms with Crippen LogP contribution in [0.15, 0.2) is 18.2 Å². The number of aromatic nitrogens is 1. The highest BCUT2D eigenvalue weighted by Gasteiger charge is 2.30. The highest BCUT2D eigenvalue weighted by Crippen LogP contribution is 2.31. The number of hydrogen-bond donors (Lipinski definition) is 0. The Labute approximate surface area is 142 Å². The fourth-order valence-corrected chi connectivity index (χ4v) is 4.05. The molecule has 0 unspecified atom stereocenters. The molecule has 0 atom stereocenters. The molecule has 1 amide bonds. The fraction of sp³-hybridized carbons (Fsp3) is 0.556. The topological polar surface area (TPSA) is 36.4 Å². The van der Waals surface area contributed by atoms with Gasteiger partial charge in [0, 0.05) is 31.6 Å². The summed E-state index contributed by atoms with van der Waals surface area (Å²) in [5, 5.41) is 1.09. The Morgan fingerprint density at radius 1 is 1.22 bits per heavy atom. The molecule has 0 radical (unpaired) electrons. The van der Waals surface area contributed by atoms with Crippen LogP contribution >= 0.6 is 11.3 Å². The van der Waals surface area contributed by atoms with E-state index in [0.29, 0.717) is 0 Å². The van der Waals surface area contributed by atoms with Crippen LogP contribution in [-0.4, -0.2) is 42.0 Å². The summed E-state index contributed by atoms with van der Waals surface area (Å²) in [6, 6.07) is 6.42. The van der Waals surface area contributed by atoms with Gasteiger partial charge in [-0.05, 0) is 18.1 Å². The van der Waals surface area contributed by atoms with Gasteiger partial charge in [-0.15, -0.1) is 0 Å². The van der Waals surface area contributed by atoms with Crippen LogP contribution in [0.1, 0.15) is 33.3 Å². The lowest BCUT2D eigenvalue weighted by atomic mass is 9.94. The van der Waals surface area contributed by atoms with Gasteiger partial charge in [-0.1, -0.05) is 51.2 Å². The van der Waals surface area contributed by atoms with E-state index in [4.69, 9.17) is 4.98 Å². The molecular weight excluding hydrogens is 306 g/mol. The molecule has 23 heavy (non-hydrogen) atoms. The maximum absolute atomic E-state index is 12.4. The van der Waals surface area contributed by atoms with Gasteiger partial charge in [-0.25, -0.2) is 4.98 Å².